The summed E-state index contributed by atoms with van der Waals surface area (Å²) in [6, 6.07) is 14.2. The van der Waals surface area contributed by atoms with Crippen molar-refractivity contribution in [3.05, 3.63) is 64.7 Å². The molecular weight excluding hydrogens is 350 g/mol. The zero-order valence-electron chi connectivity index (χ0n) is 17.5. The molecule has 5 nitrogen and oxygen atoms in total. The fourth-order valence-electron chi connectivity index (χ4n) is 3.32. The van der Waals surface area contributed by atoms with E-state index in [0.29, 0.717) is 6.54 Å². The number of likely N-dealkylation sites (N-methyl/N-ethyl adjacent to an activating group) is 1. The van der Waals surface area contributed by atoms with Crippen LogP contribution in [0.25, 0.3) is 0 Å². The van der Waals surface area contributed by atoms with Gasteiger partial charge in [0.25, 0.3) is 0 Å². The van der Waals surface area contributed by atoms with Gasteiger partial charge in [0.05, 0.1) is 13.1 Å². The minimum Gasteiger partial charge on any atom is -0.354 e. The molecule has 0 aliphatic heterocycles. The second-order valence-corrected chi connectivity index (χ2v) is 7.61. The summed E-state index contributed by atoms with van der Waals surface area (Å²) in [4.78, 5) is 26.3. The number of anilines is 1. The van der Waals surface area contributed by atoms with E-state index in [4.69, 9.17) is 0 Å². The SMILES string of the molecule is Cc1cc(C)c(NC(=O)CN(C)CC(=O)NC[C@@H](C)c2ccccc2)c(C)c1. The van der Waals surface area contributed by atoms with E-state index in [1.165, 1.54) is 11.1 Å². The lowest BCUT2D eigenvalue weighted by atomic mass is 10.0. The maximum absolute atomic E-state index is 12.4. The number of rotatable bonds is 8. The average molecular weight is 382 g/mol. The van der Waals surface area contributed by atoms with E-state index in [9.17, 15) is 9.59 Å². The largest absolute Gasteiger partial charge is 0.354 e. The summed E-state index contributed by atoms with van der Waals surface area (Å²) in [6.45, 7) is 9.01. The molecule has 0 saturated carbocycles. The fraction of sp³-hybridized carbons (Fsp3) is 0.391. The Labute approximate surface area is 168 Å². The fourth-order valence-corrected chi connectivity index (χ4v) is 3.32. The molecule has 0 fully saturated rings. The van der Waals surface area contributed by atoms with E-state index >= 15 is 0 Å². The molecule has 0 unspecified atom stereocenters. The molecule has 2 aromatic carbocycles. The van der Waals surface area contributed by atoms with Crippen molar-refractivity contribution in [2.45, 2.75) is 33.6 Å². The van der Waals surface area contributed by atoms with Crippen LogP contribution in [0.3, 0.4) is 0 Å². The van der Waals surface area contributed by atoms with E-state index in [0.717, 1.165) is 16.8 Å². The highest BCUT2D eigenvalue weighted by Crippen LogP contribution is 2.21. The molecular formula is C23H31N3O2. The van der Waals surface area contributed by atoms with Gasteiger partial charge in [-0.05, 0) is 50.4 Å². The van der Waals surface area contributed by atoms with Gasteiger partial charge in [-0.15, -0.1) is 0 Å². The zero-order valence-corrected chi connectivity index (χ0v) is 17.5. The number of hydrogen-bond acceptors (Lipinski definition) is 3. The first-order valence-corrected chi connectivity index (χ1v) is 9.64. The monoisotopic (exact) mass is 381 g/mol. The number of hydrogen-bond donors (Lipinski definition) is 2. The van der Waals surface area contributed by atoms with Crippen LogP contribution in [-0.2, 0) is 9.59 Å². The van der Waals surface area contributed by atoms with Crippen molar-refractivity contribution in [1.82, 2.24) is 10.2 Å². The Balaban J connectivity index is 1.79. The standard InChI is InChI=1S/C23H31N3O2/c1-16-11-17(2)23(18(3)12-16)25-22(28)15-26(5)14-21(27)24-13-19(4)20-9-7-6-8-10-20/h6-12,19H,13-15H2,1-5H3,(H,24,27)(H,25,28)/t19-/m1/s1. The summed E-state index contributed by atoms with van der Waals surface area (Å²) in [6.07, 6.45) is 0. The minimum atomic E-state index is -0.122. The molecule has 0 aliphatic rings. The molecule has 5 heteroatoms. The summed E-state index contributed by atoms with van der Waals surface area (Å²) in [5.41, 5.74) is 5.30. The number of aryl methyl sites for hydroxylation is 3. The van der Waals surface area contributed by atoms with Crippen LogP contribution in [0.1, 0.15) is 35.1 Å². The van der Waals surface area contributed by atoms with Gasteiger partial charge in [-0.1, -0.05) is 55.0 Å². The van der Waals surface area contributed by atoms with Gasteiger partial charge in [0.15, 0.2) is 0 Å². The summed E-state index contributed by atoms with van der Waals surface area (Å²) in [5.74, 6) is 0.0371. The van der Waals surface area contributed by atoms with Gasteiger partial charge in [0.1, 0.15) is 0 Å². The summed E-state index contributed by atoms with van der Waals surface area (Å²) < 4.78 is 0. The molecule has 0 radical (unpaired) electrons. The molecule has 0 aliphatic carbocycles. The van der Waals surface area contributed by atoms with Crippen LogP contribution in [-0.4, -0.2) is 43.4 Å². The maximum Gasteiger partial charge on any atom is 0.238 e. The Hall–Kier alpha value is -2.66. The van der Waals surface area contributed by atoms with Crippen molar-refractivity contribution in [1.29, 1.82) is 0 Å². The Kier molecular flexibility index (Phi) is 7.76. The molecule has 2 amide bonds. The van der Waals surface area contributed by atoms with Crippen molar-refractivity contribution < 1.29 is 9.59 Å². The second-order valence-electron chi connectivity index (χ2n) is 7.61. The summed E-state index contributed by atoms with van der Waals surface area (Å²) in [5, 5.41) is 5.92. The predicted molar refractivity (Wildman–Crippen MR) is 115 cm³/mol. The van der Waals surface area contributed by atoms with Crippen LogP contribution in [0, 0.1) is 20.8 Å². The summed E-state index contributed by atoms with van der Waals surface area (Å²) >= 11 is 0. The molecule has 0 spiro atoms. The van der Waals surface area contributed by atoms with Gasteiger partial charge in [0, 0.05) is 12.2 Å². The summed E-state index contributed by atoms with van der Waals surface area (Å²) in [7, 11) is 1.77. The van der Waals surface area contributed by atoms with Crippen molar-refractivity contribution >= 4 is 17.5 Å². The number of carbonyl (C=O) groups excluding carboxylic acids is 2. The van der Waals surface area contributed by atoms with E-state index < -0.39 is 0 Å². The topological polar surface area (TPSA) is 61.4 Å². The van der Waals surface area contributed by atoms with E-state index in [2.05, 4.69) is 29.7 Å². The predicted octanol–water partition coefficient (Wildman–Crippen LogP) is 3.40. The van der Waals surface area contributed by atoms with Gasteiger partial charge >= 0.3 is 0 Å². The van der Waals surface area contributed by atoms with Crippen LogP contribution in [0.15, 0.2) is 42.5 Å². The lowest BCUT2D eigenvalue weighted by Crippen LogP contribution is -2.40. The minimum absolute atomic E-state index is 0.0826. The van der Waals surface area contributed by atoms with Crippen molar-refractivity contribution in [2.75, 3.05) is 32.0 Å². The van der Waals surface area contributed by atoms with Crippen LogP contribution in [0.4, 0.5) is 5.69 Å². The van der Waals surface area contributed by atoms with Crippen LogP contribution in [0.2, 0.25) is 0 Å². The van der Waals surface area contributed by atoms with Crippen LogP contribution < -0.4 is 10.6 Å². The number of nitrogens with zero attached hydrogens (tertiary/aromatic N) is 1. The second kappa shape index (κ2) is 10.0. The molecule has 0 heterocycles. The first-order valence-electron chi connectivity index (χ1n) is 9.64. The molecule has 28 heavy (non-hydrogen) atoms. The molecule has 0 aromatic heterocycles. The molecule has 2 aromatic rings. The Morgan fingerprint density at radius 1 is 0.964 bits per heavy atom. The van der Waals surface area contributed by atoms with Gasteiger partial charge in [-0.3, -0.25) is 14.5 Å². The smallest absolute Gasteiger partial charge is 0.238 e. The van der Waals surface area contributed by atoms with Crippen LogP contribution >= 0.6 is 0 Å². The Morgan fingerprint density at radius 3 is 2.14 bits per heavy atom. The van der Waals surface area contributed by atoms with Gasteiger partial charge < -0.3 is 10.6 Å². The van der Waals surface area contributed by atoms with Crippen molar-refractivity contribution in [2.24, 2.45) is 0 Å². The first kappa shape index (κ1) is 21.6. The molecule has 0 bridgehead atoms. The number of benzene rings is 2. The number of amides is 2. The lowest BCUT2D eigenvalue weighted by molar-refractivity contribution is -0.123. The van der Waals surface area contributed by atoms with E-state index in [-0.39, 0.29) is 30.8 Å². The Bertz CT molecular complexity index is 795. The highest BCUT2D eigenvalue weighted by Gasteiger charge is 2.14. The highest BCUT2D eigenvalue weighted by molar-refractivity contribution is 5.94. The van der Waals surface area contributed by atoms with Gasteiger partial charge in [-0.2, -0.15) is 0 Å². The normalized spacial score (nSPS) is 11.9. The molecule has 1 atom stereocenters. The van der Waals surface area contributed by atoms with Crippen molar-refractivity contribution in [3.8, 4) is 0 Å². The lowest BCUT2D eigenvalue weighted by Gasteiger charge is -2.19. The number of carbonyl (C=O) groups is 2. The van der Waals surface area contributed by atoms with Crippen molar-refractivity contribution in [3.63, 3.8) is 0 Å². The van der Waals surface area contributed by atoms with E-state index in [1.54, 1.807) is 11.9 Å². The third-order valence-electron chi connectivity index (χ3n) is 4.74. The quantitative estimate of drug-likeness (QED) is 0.737. The maximum atomic E-state index is 12.4. The third kappa shape index (κ3) is 6.50. The highest BCUT2D eigenvalue weighted by atomic mass is 16.2. The first-order chi connectivity index (χ1) is 13.3. The average Bonchev–Trinajstić information content (AvgIpc) is 2.63. The van der Waals surface area contributed by atoms with Gasteiger partial charge in [-0.25, -0.2) is 0 Å². The van der Waals surface area contributed by atoms with Crippen LogP contribution in [0.5, 0.6) is 0 Å². The number of nitrogens with one attached hydrogen (secondary N) is 2. The third-order valence-corrected chi connectivity index (χ3v) is 4.74. The molecule has 150 valence electrons. The van der Waals surface area contributed by atoms with E-state index in [1.807, 2.05) is 51.1 Å². The zero-order chi connectivity index (χ0) is 20.7. The molecule has 0 saturated heterocycles. The van der Waals surface area contributed by atoms with Gasteiger partial charge in [0.2, 0.25) is 11.8 Å². The molecule has 2 N–H and O–H groups in total. The Morgan fingerprint density at radius 2 is 1.54 bits per heavy atom. The molecule has 2 rings (SSSR count).